The van der Waals surface area contributed by atoms with Gasteiger partial charge in [0.25, 0.3) is 0 Å². The highest BCUT2D eigenvalue weighted by Gasteiger charge is 2.19. The molecule has 1 unspecified atom stereocenters. The number of ether oxygens (including phenoxy) is 1. The molecule has 5 heteroatoms. The summed E-state index contributed by atoms with van der Waals surface area (Å²) in [4.78, 5) is 22.7. The zero-order valence-corrected chi connectivity index (χ0v) is 13.7. The molecule has 1 atom stereocenters. The van der Waals surface area contributed by atoms with Crippen LogP contribution >= 0.6 is 0 Å². The van der Waals surface area contributed by atoms with Crippen LogP contribution in [0.15, 0.2) is 24.3 Å². The van der Waals surface area contributed by atoms with E-state index in [1.807, 2.05) is 31.2 Å². The molecule has 0 saturated carbocycles. The quantitative estimate of drug-likeness (QED) is 0.756. The van der Waals surface area contributed by atoms with E-state index in [9.17, 15) is 9.59 Å². The number of benzene rings is 1. The molecule has 0 aliphatic carbocycles. The summed E-state index contributed by atoms with van der Waals surface area (Å²) in [7, 11) is 0. The molecule has 0 heterocycles. The topological polar surface area (TPSA) is 75.6 Å². The van der Waals surface area contributed by atoms with E-state index in [-0.39, 0.29) is 25.0 Å². The number of aliphatic carboxylic acids is 1. The third-order valence-electron chi connectivity index (χ3n) is 2.94. The average molecular weight is 307 g/mol. The summed E-state index contributed by atoms with van der Waals surface area (Å²) in [5.41, 5.74) is 1.62. The number of esters is 1. The zero-order chi connectivity index (χ0) is 16.8. The van der Waals surface area contributed by atoms with Gasteiger partial charge in [-0.15, -0.1) is 0 Å². The van der Waals surface area contributed by atoms with E-state index >= 15 is 0 Å². The summed E-state index contributed by atoms with van der Waals surface area (Å²) in [5, 5.41) is 12.0. The molecule has 5 nitrogen and oxygen atoms in total. The molecule has 1 aromatic carbocycles. The van der Waals surface area contributed by atoms with Crippen molar-refractivity contribution in [1.29, 1.82) is 0 Å². The van der Waals surface area contributed by atoms with Crippen molar-refractivity contribution in [2.24, 2.45) is 0 Å². The van der Waals surface area contributed by atoms with Gasteiger partial charge in [0, 0.05) is 6.04 Å². The molecule has 0 aromatic heterocycles. The van der Waals surface area contributed by atoms with E-state index in [0.717, 1.165) is 11.1 Å². The van der Waals surface area contributed by atoms with Crippen LogP contribution in [0, 0.1) is 6.92 Å². The highest BCUT2D eigenvalue weighted by atomic mass is 16.6. The Hall–Kier alpha value is -1.88. The number of rotatable bonds is 7. The average Bonchev–Trinajstić information content (AvgIpc) is 2.33. The molecule has 122 valence electrons. The lowest BCUT2D eigenvalue weighted by Crippen LogP contribution is -2.39. The number of carboxylic acid groups (broad SMARTS) is 1. The first kappa shape index (κ1) is 18.2. The second kappa shape index (κ2) is 7.94. The normalized spacial score (nSPS) is 12.7. The molecule has 0 spiro atoms. The molecule has 0 aliphatic heterocycles. The fourth-order valence-corrected chi connectivity index (χ4v) is 2.16. The molecule has 0 radical (unpaired) electrons. The molecule has 0 saturated heterocycles. The van der Waals surface area contributed by atoms with Crippen LogP contribution in [0.3, 0.4) is 0 Å². The van der Waals surface area contributed by atoms with Crippen molar-refractivity contribution in [3.8, 4) is 0 Å². The van der Waals surface area contributed by atoms with Crippen LogP contribution in [-0.4, -0.2) is 35.2 Å². The number of hydrogen-bond acceptors (Lipinski definition) is 4. The van der Waals surface area contributed by atoms with E-state index in [1.165, 1.54) is 0 Å². The Morgan fingerprint density at radius 2 is 2.00 bits per heavy atom. The van der Waals surface area contributed by atoms with Crippen LogP contribution in [0.25, 0.3) is 0 Å². The van der Waals surface area contributed by atoms with Gasteiger partial charge in [0.05, 0.1) is 13.0 Å². The first-order valence-electron chi connectivity index (χ1n) is 7.38. The highest BCUT2D eigenvalue weighted by molar-refractivity contribution is 5.72. The van der Waals surface area contributed by atoms with Gasteiger partial charge in [-0.25, -0.2) is 0 Å². The van der Waals surface area contributed by atoms with Gasteiger partial charge in [-0.05, 0) is 39.7 Å². The zero-order valence-electron chi connectivity index (χ0n) is 13.7. The molecule has 1 aromatic rings. The van der Waals surface area contributed by atoms with Gasteiger partial charge >= 0.3 is 11.9 Å². The standard InChI is InChI=1S/C17H25NO4/c1-12-6-5-7-13(8-12)9-14(10-15(19)20)18-11-16(21)22-17(2,3)4/h5-8,14,18H,9-11H2,1-4H3,(H,19,20). The lowest BCUT2D eigenvalue weighted by Gasteiger charge is -2.21. The SMILES string of the molecule is Cc1cccc(CC(CC(=O)O)NCC(=O)OC(C)(C)C)c1. The Balaban J connectivity index is 2.61. The molecular weight excluding hydrogens is 282 g/mol. The monoisotopic (exact) mass is 307 g/mol. The predicted octanol–water partition coefficient (Wildman–Crippen LogP) is 2.31. The largest absolute Gasteiger partial charge is 0.481 e. The summed E-state index contributed by atoms with van der Waals surface area (Å²) in [6, 6.07) is 7.59. The van der Waals surface area contributed by atoms with Gasteiger partial charge in [0.1, 0.15) is 5.60 Å². The van der Waals surface area contributed by atoms with Gasteiger partial charge in [-0.2, -0.15) is 0 Å². The summed E-state index contributed by atoms with van der Waals surface area (Å²) in [6.07, 6.45) is 0.507. The lowest BCUT2D eigenvalue weighted by molar-refractivity contribution is -0.154. The fraction of sp³-hybridized carbons (Fsp3) is 0.529. The minimum atomic E-state index is -0.894. The summed E-state index contributed by atoms with van der Waals surface area (Å²) in [5.74, 6) is -1.28. The molecule has 0 aliphatic rings. The third kappa shape index (κ3) is 7.78. The molecule has 0 amide bonds. The number of aryl methyl sites for hydroxylation is 1. The minimum absolute atomic E-state index is 0.00102. The Kier molecular flexibility index (Phi) is 6.56. The van der Waals surface area contributed by atoms with Gasteiger partial charge in [-0.1, -0.05) is 29.8 Å². The Morgan fingerprint density at radius 3 is 2.55 bits per heavy atom. The van der Waals surface area contributed by atoms with Gasteiger partial charge in [0.2, 0.25) is 0 Å². The maximum Gasteiger partial charge on any atom is 0.320 e. The van der Waals surface area contributed by atoms with E-state index in [4.69, 9.17) is 9.84 Å². The van der Waals surface area contributed by atoms with Crippen molar-refractivity contribution in [2.45, 2.75) is 52.2 Å². The highest BCUT2D eigenvalue weighted by Crippen LogP contribution is 2.10. The minimum Gasteiger partial charge on any atom is -0.481 e. The second-order valence-corrected chi connectivity index (χ2v) is 6.46. The molecule has 2 N–H and O–H groups in total. The smallest absolute Gasteiger partial charge is 0.320 e. The number of carbonyl (C=O) groups excluding carboxylic acids is 1. The van der Waals surface area contributed by atoms with Crippen LogP contribution in [0.4, 0.5) is 0 Å². The maximum absolute atomic E-state index is 11.7. The molecular formula is C17H25NO4. The van der Waals surface area contributed by atoms with Crippen molar-refractivity contribution in [3.63, 3.8) is 0 Å². The molecule has 0 fully saturated rings. The summed E-state index contributed by atoms with van der Waals surface area (Å²) < 4.78 is 5.21. The van der Waals surface area contributed by atoms with Crippen molar-refractivity contribution in [3.05, 3.63) is 35.4 Å². The van der Waals surface area contributed by atoms with Crippen molar-refractivity contribution in [1.82, 2.24) is 5.32 Å². The maximum atomic E-state index is 11.7. The van der Waals surface area contributed by atoms with Crippen LogP contribution in [0.1, 0.15) is 38.3 Å². The lowest BCUT2D eigenvalue weighted by atomic mass is 10.0. The van der Waals surface area contributed by atoms with Crippen LogP contribution in [0.2, 0.25) is 0 Å². The molecule has 22 heavy (non-hydrogen) atoms. The summed E-state index contributed by atoms with van der Waals surface area (Å²) in [6.45, 7) is 7.38. The first-order chi connectivity index (χ1) is 10.2. The van der Waals surface area contributed by atoms with Crippen molar-refractivity contribution >= 4 is 11.9 Å². The van der Waals surface area contributed by atoms with Gasteiger partial charge < -0.3 is 15.2 Å². The van der Waals surface area contributed by atoms with E-state index in [2.05, 4.69) is 5.32 Å². The number of carboxylic acids is 1. The number of nitrogens with one attached hydrogen (secondary N) is 1. The summed E-state index contributed by atoms with van der Waals surface area (Å²) >= 11 is 0. The second-order valence-electron chi connectivity index (χ2n) is 6.46. The van der Waals surface area contributed by atoms with Crippen molar-refractivity contribution in [2.75, 3.05) is 6.54 Å². The van der Waals surface area contributed by atoms with Crippen molar-refractivity contribution < 1.29 is 19.4 Å². The molecule has 0 bridgehead atoms. The van der Waals surface area contributed by atoms with Crippen LogP contribution < -0.4 is 5.32 Å². The van der Waals surface area contributed by atoms with E-state index in [0.29, 0.717) is 6.42 Å². The van der Waals surface area contributed by atoms with E-state index < -0.39 is 11.6 Å². The van der Waals surface area contributed by atoms with Crippen LogP contribution in [0.5, 0.6) is 0 Å². The van der Waals surface area contributed by atoms with Gasteiger partial charge in [-0.3, -0.25) is 9.59 Å². The number of carbonyl (C=O) groups is 2. The molecule has 1 rings (SSSR count). The Morgan fingerprint density at radius 1 is 1.32 bits per heavy atom. The first-order valence-corrected chi connectivity index (χ1v) is 7.38. The number of hydrogen-bond donors (Lipinski definition) is 2. The third-order valence-corrected chi connectivity index (χ3v) is 2.94. The van der Waals surface area contributed by atoms with E-state index in [1.54, 1.807) is 20.8 Å². The Labute approximate surface area is 131 Å². The predicted molar refractivity (Wildman–Crippen MR) is 84.8 cm³/mol. The fourth-order valence-electron chi connectivity index (χ4n) is 2.16. The van der Waals surface area contributed by atoms with Crippen LogP contribution in [-0.2, 0) is 20.7 Å². The van der Waals surface area contributed by atoms with Gasteiger partial charge in [0.15, 0.2) is 0 Å². The Bertz CT molecular complexity index is 520.